The second-order valence-electron chi connectivity index (χ2n) is 6.13. The lowest BCUT2D eigenvalue weighted by Crippen LogP contribution is -2.66. The summed E-state index contributed by atoms with van der Waals surface area (Å²) in [7, 11) is 0. The maximum atomic E-state index is 12.6. The molecule has 0 aliphatic carbocycles. The van der Waals surface area contributed by atoms with Gasteiger partial charge in [-0.15, -0.1) is 11.3 Å². The zero-order valence-corrected chi connectivity index (χ0v) is 13.2. The molecule has 1 N–H and O–H groups in total. The molecule has 0 radical (unpaired) electrons. The lowest BCUT2D eigenvalue weighted by atomic mass is 9.83. The van der Waals surface area contributed by atoms with Crippen LogP contribution in [0.5, 0.6) is 0 Å². The Morgan fingerprint density at radius 3 is 2.60 bits per heavy atom. The van der Waals surface area contributed by atoms with Crippen LogP contribution in [-0.2, 0) is 16.1 Å². The maximum absolute atomic E-state index is 12.6. The van der Waals surface area contributed by atoms with Crippen LogP contribution in [0.25, 0.3) is 0 Å². The molecule has 1 aromatic rings. The molecule has 2 atom stereocenters. The number of rotatable bonds is 3. The van der Waals surface area contributed by atoms with Crippen LogP contribution in [0.15, 0.2) is 11.6 Å². The van der Waals surface area contributed by atoms with Crippen LogP contribution in [0.2, 0.25) is 0 Å². The average molecular weight is 295 g/mol. The van der Waals surface area contributed by atoms with Gasteiger partial charge < -0.3 is 10.2 Å². The molecule has 2 rings (SSSR count). The molecule has 6 heteroatoms. The molecular formula is C14H21N3O2S. The minimum Gasteiger partial charge on any atom is -0.342 e. The first kappa shape index (κ1) is 15.0. The molecule has 20 heavy (non-hydrogen) atoms. The Morgan fingerprint density at radius 2 is 2.10 bits per heavy atom. The van der Waals surface area contributed by atoms with Crippen molar-refractivity contribution < 1.29 is 9.59 Å². The van der Waals surface area contributed by atoms with Gasteiger partial charge in [-0.25, -0.2) is 4.98 Å². The van der Waals surface area contributed by atoms with E-state index in [4.69, 9.17) is 0 Å². The number of nitrogens with zero attached hydrogens (tertiary/aromatic N) is 2. The Morgan fingerprint density at radius 1 is 1.40 bits per heavy atom. The third-order valence-corrected chi connectivity index (χ3v) is 4.24. The van der Waals surface area contributed by atoms with Gasteiger partial charge in [-0.2, -0.15) is 0 Å². The molecule has 2 heterocycles. The standard InChI is InChI=1S/C14H21N3O2S/c1-5-9-13(19)17(8-10-15-6-7-20-10)11(12(18)16-9)14(2,3)4/h6-7,9,11H,5,8H2,1-4H3,(H,16,18). The Hall–Kier alpha value is -1.43. The first-order valence-corrected chi connectivity index (χ1v) is 7.71. The third-order valence-electron chi connectivity index (χ3n) is 3.48. The van der Waals surface area contributed by atoms with Gasteiger partial charge in [0.1, 0.15) is 17.1 Å². The molecular weight excluding hydrogens is 274 g/mol. The van der Waals surface area contributed by atoms with Gasteiger partial charge in [-0.05, 0) is 11.8 Å². The van der Waals surface area contributed by atoms with Crippen molar-refractivity contribution in [3.63, 3.8) is 0 Å². The Balaban J connectivity index is 2.32. The maximum Gasteiger partial charge on any atom is 0.246 e. The highest BCUT2D eigenvalue weighted by atomic mass is 32.1. The van der Waals surface area contributed by atoms with E-state index >= 15 is 0 Å². The van der Waals surface area contributed by atoms with Gasteiger partial charge in [0.15, 0.2) is 0 Å². The summed E-state index contributed by atoms with van der Waals surface area (Å²) in [5, 5.41) is 5.58. The molecule has 5 nitrogen and oxygen atoms in total. The minimum absolute atomic E-state index is 0.0118. The molecule has 0 spiro atoms. The van der Waals surface area contributed by atoms with E-state index < -0.39 is 12.1 Å². The number of carbonyl (C=O) groups excluding carboxylic acids is 2. The van der Waals surface area contributed by atoms with Crippen molar-refractivity contribution in [3.8, 4) is 0 Å². The Kier molecular flexibility index (Phi) is 4.13. The lowest BCUT2D eigenvalue weighted by Gasteiger charge is -2.44. The molecule has 1 fully saturated rings. The quantitative estimate of drug-likeness (QED) is 0.925. The summed E-state index contributed by atoms with van der Waals surface area (Å²) in [4.78, 5) is 30.9. The van der Waals surface area contributed by atoms with Crippen LogP contribution in [0, 0.1) is 5.41 Å². The van der Waals surface area contributed by atoms with Crippen molar-refractivity contribution in [2.45, 2.75) is 52.7 Å². The van der Waals surface area contributed by atoms with E-state index in [2.05, 4.69) is 10.3 Å². The number of carbonyl (C=O) groups is 2. The van der Waals surface area contributed by atoms with Gasteiger partial charge in [0.2, 0.25) is 11.8 Å². The fourth-order valence-corrected chi connectivity index (χ4v) is 3.18. The Bertz CT molecular complexity index is 493. The van der Waals surface area contributed by atoms with E-state index in [0.29, 0.717) is 13.0 Å². The van der Waals surface area contributed by atoms with Crippen molar-refractivity contribution in [1.82, 2.24) is 15.2 Å². The predicted octanol–water partition coefficient (Wildman–Crippen LogP) is 1.79. The van der Waals surface area contributed by atoms with Gasteiger partial charge in [-0.3, -0.25) is 9.59 Å². The van der Waals surface area contributed by atoms with E-state index in [9.17, 15) is 9.59 Å². The van der Waals surface area contributed by atoms with Crippen LogP contribution >= 0.6 is 11.3 Å². The number of piperazine rings is 1. The normalized spacial score (nSPS) is 23.9. The summed E-state index contributed by atoms with van der Waals surface area (Å²) in [5.74, 6) is -0.0808. The van der Waals surface area contributed by atoms with Crippen LogP contribution < -0.4 is 5.32 Å². The predicted molar refractivity (Wildman–Crippen MR) is 78.1 cm³/mol. The number of aromatic nitrogens is 1. The fourth-order valence-electron chi connectivity index (χ4n) is 2.56. The molecule has 1 saturated heterocycles. The van der Waals surface area contributed by atoms with Gasteiger partial charge >= 0.3 is 0 Å². The molecule has 0 bridgehead atoms. The van der Waals surface area contributed by atoms with E-state index in [1.54, 1.807) is 11.1 Å². The topological polar surface area (TPSA) is 62.3 Å². The number of amides is 2. The second-order valence-corrected chi connectivity index (χ2v) is 7.11. The van der Waals surface area contributed by atoms with Gasteiger partial charge in [0.05, 0.1) is 6.54 Å². The minimum atomic E-state index is -0.457. The fraction of sp³-hybridized carbons (Fsp3) is 0.643. The van der Waals surface area contributed by atoms with Gasteiger partial charge in [-0.1, -0.05) is 27.7 Å². The number of hydrogen-bond acceptors (Lipinski definition) is 4. The van der Waals surface area contributed by atoms with Gasteiger partial charge in [0.25, 0.3) is 0 Å². The van der Waals surface area contributed by atoms with Crippen LogP contribution in [0.1, 0.15) is 39.1 Å². The monoisotopic (exact) mass is 295 g/mol. The van der Waals surface area contributed by atoms with E-state index in [1.807, 2.05) is 33.1 Å². The summed E-state index contributed by atoms with van der Waals surface area (Å²) >= 11 is 1.50. The SMILES string of the molecule is CCC1NC(=O)C(C(C)(C)C)N(Cc2nccs2)C1=O. The zero-order valence-electron chi connectivity index (χ0n) is 12.3. The van der Waals surface area contributed by atoms with Crippen molar-refractivity contribution in [2.24, 2.45) is 5.41 Å². The second kappa shape index (κ2) is 5.52. The van der Waals surface area contributed by atoms with Crippen molar-refractivity contribution in [3.05, 3.63) is 16.6 Å². The highest BCUT2D eigenvalue weighted by Crippen LogP contribution is 2.29. The van der Waals surface area contributed by atoms with Crippen LogP contribution in [0.3, 0.4) is 0 Å². The summed E-state index contributed by atoms with van der Waals surface area (Å²) < 4.78 is 0. The van der Waals surface area contributed by atoms with Crippen molar-refractivity contribution >= 4 is 23.2 Å². The number of hydrogen-bond donors (Lipinski definition) is 1. The zero-order chi connectivity index (χ0) is 14.9. The average Bonchev–Trinajstić information content (AvgIpc) is 2.84. The van der Waals surface area contributed by atoms with Crippen LogP contribution in [-0.4, -0.2) is 33.8 Å². The molecule has 110 valence electrons. The number of thiazole rings is 1. The van der Waals surface area contributed by atoms with E-state index in [1.165, 1.54) is 11.3 Å². The summed E-state index contributed by atoms with van der Waals surface area (Å²) in [6, 6.07) is -0.872. The summed E-state index contributed by atoms with van der Waals surface area (Å²) in [5.41, 5.74) is -0.310. The van der Waals surface area contributed by atoms with E-state index in [0.717, 1.165) is 5.01 Å². The summed E-state index contributed by atoms with van der Waals surface area (Å²) in [6.07, 6.45) is 2.33. The molecule has 2 unspecified atom stereocenters. The smallest absolute Gasteiger partial charge is 0.246 e. The van der Waals surface area contributed by atoms with Crippen molar-refractivity contribution in [2.75, 3.05) is 0 Å². The van der Waals surface area contributed by atoms with Crippen LogP contribution in [0.4, 0.5) is 0 Å². The van der Waals surface area contributed by atoms with E-state index in [-0.39, 0.29) is 17.2 Å². The summed E-state index contributed by atoms with van der Waals surface area (Å²) in [6.45, 7) is 8.24. The molecule has 1 aromatic heterocycles. The first-order valence-electron chi connectivity index (χ1n) is 6.83. The highest BCUT2D eigenvalue weighted by molar-refractivity contribution is 7.09. The molecule has 0 aromatic carbocycles. The molecule has 0 saturated carbocycles. The van der Waals surface area contributed by atoms with Crippen molar-refractivity contribution in [1.29, 1.82) is 0 Å². The number of nitrogens with one attached hydrogen (secondary N) is 1. The highest BCUT2D eigenvalue weighted by Gasteiger charge is 2.45. The molecule has 1 aliphatic heterocycles. The lowest BCUT2D eigenvalue weighted by molar-refractivity contribution is -0.154. The third kappa shape index (κ3) is 2.85. The Labute approximate surface area is 123 Å². The first-order chi connectivity index (χ1) is 9.34. The van der Waals surface area contributed by atoms with Gasteiger partial charge in [0, 0.05) is 11.6 Å². The molecule has 1 aliphatic rings. The largest absolute Gasteiger partial charge is 0.342 e. The molecule has 2 amide bonds.